The topological polar surface area (TPSA) is 55.8 Å². The Labute approximate surface area is 127 Å². The van der Waals surface area contributed by atoms with Gasteiger partial charge in [0.15, 0.2) is 11.5 Å². The Bertz CT molecular complexity index is 497. The van der Waals surface area contributed by atoms with Gasteiger partial charge >= 0.3 is 5.97 Å². The van der Waals surface area contributed by atoms with Crippen molar-refractivity contribution in [3.8, 4) is 11.5 Å². The summed E-state index contributed by atoms with van der Waals surface area (Å²) in [6.07, 6.45) is 2.82. The molecule has 1 aliphatic carbocycles. The Morgan fingerprint density at radius 1 is 1.50 bits per heavy atom. The van der Waals surface area contributed by atoms with Crippen LogP contribution in [0.3, 0.4) is 0 Å². The number of carboxylic acid groups (broad SMARTS) is 1. The summed E-state index contributed by atoms with van der Waals surface area (Å²) in [6, 6.07) is 3.70. The highest BCUT2D eigenvalue weighted by atomic mass is 79.9. The van der Waals surface area contributed by atoms with Crippen molar-refractivity contribution in [3.63, 3.8) is 0 Å². The van der Waals surface area contributed by atoms with Crippen molar-refractivity contribution >= 4 is 21.9 Å². The molecule has 2 rings (SSSR count). The molecule has 5 heteroatoms. The minimum Gasteiger partial charge on any atom is -0.493 e. The number of ether oxygens (including phenoxy) is 2. The third kappa shape index (κ3) is 3.66. The molecule has 4 nitrogen and oxygen atoms in total. The lowest BCUT2D eigenvalue weighted by Gasteiger charge is -2.17. The predicted octanol–water partition coefficient (Wildman–Crippen LogP) is 3.51. The summed E-state index contributed by atoms with van der Waals surface area (Å²) in [5, 5.41) is 9.09. The van der Waals surface area contributed by atoms with Crippen LogP contribution in [0, 0.1) is 11.8 Å². The summed E-state index contributed by atoms with van der Waals surface area (Å²) >= 11 is 3.48. The normalized spacial score (nSPS) is 15.8. The van der Waals surface area contributed by atoms with Gasteiger partial charge in [0.1, 0.15) is 0 Å². The molecule has 1 unspecified atom stereocenters. The zero-order valence-electron chi connectivity index (χ0n) is 11.7. The molecular weight excluding hydrogens is 324 g/mol. The first-order valence-corrected chi connectivity index (χ1v) is 7.53. The van der Waals surface area contributed by atoms with Crippen LogP contribution >= 0.6 is 15.9 Å². The molecule has 1 aliphatic rings. The minimum absolute atomic E-state index is 0.410. The van der Waals surface area contributed by atoms with Crippen LogP contribution in [-0.4, -0.2) is 24.8 Å². The lowest BCUT2D eigenvalue weighted by molar-refractivity contribution is -0.141. The monoisotopic (exact) mass is 342 g/mol. The van der Waals surface area contributed by atoms with Gasteiger partial charge in [-0.25, -0.2) is 0 Å². The Morgan fingerprint density at radius 3 is 2.75 bits per heavy atom. The average molecular weight is 343 g/mol. The summed E-state index contributed by atoms with van der Waals surface area (Å²) in [7, 11) is 1.59. The van der Waals surface area contributed by atoms with Crippen LogP contribution in [0.4, 0.5) is 0 Å². The maximum Gasteiger partial charge on any atom is 0.306 e. The summed E-state index contributed by atoms with van der Waals surface area (Å²) in [4.78, 5) is 11.1. The lowest BCUT2D eigenvalue weighted by atomic mass is 10.00. The van der Waals surface area contributed by atoms with Crippen LogP contribution in [0.2, 0.25) is 0 Å². The van der Waals surface area contributed by atoms with Crippen LogP contribution in [0.15, 0.2) is 16.6 Å². The molecule has 1 fully saturated rings. The van der Waals surface area contributed by atoms with Gasteiger partial charge in [0.2, 0.25) is 0 Å². The molecule has 0 aliphatic heterocycles. The highest BCUT2D eigenvalue weighted by Crippen LogP contribution is 2.39. The van der Waals surface area contributed by atoms with E-state index in [4.69, 9.17) is 14.6 Å². The number of carbonyl (C=O) groups is 1. The molecule has 110 valence electrons. The van der Waals surface area contributed by atoms with Gasteiger partial charge in [-0.1, -0.05) is 22.9 Å². The molecular formula is C15H19BrO4. The Hall–Kier alpha value is -1.23. The number of rotatable bonds is 7. The van der Waals surface area contributed by atoms with Crippen molar-refractivity contribution < 1.29 is 19.4 Å². The van der Waals surface area contributed by atoms with Crippen molar-refractivity contribution in [1.29, 1.82) is 0 Å². The molecule has 1 aromatic carbocycles. The Kier molecular flexibility index (Phi) is 4.91. The van der Waals surface area contributed by atoms with Crippen LogP contribution in [0.5, 0.6) is 11.5 Å². The maximum atomic E-state index is 11.1. The van der Waals surface area contributed by atoms with Gasteiger partial charge in [-0.15, -0.1) is 0 Å². The molecule has 1 N–H and O–H groups in total. The van der Waals surface area contributed by atoms with Gasteiger partial charge in [-0.05, 0) is 37.3 Å². The first kappa shape index (κ1) is 15.2. The molecule has 0 bridgehead atoms. The van der Waals surface area contributed by atoms with Crippen LogP contribution in [0.1, 0.15) is 25.3 Å². The second-order valence-electron chi connectivity index (χ2n) is 5.26. The van der Waals surface area contributed by atoms with Crippen molar-refractivity contribution in [2.24, 2.45) is 11.8 Å². The molecule has 0 amide bonds. The van der Waals surface area contributed by atoms with Gasteiger partial charge in [0.25, 0.3) is 0 Å². The first-order valence-electron chi connectivity index (χ1n) is 6.74. The van der Waals surface area contributed by atoms with E-state index >= 15 is 0 Å². The molecule has 20 heavy (non-hydrogen) atoms. The highest BCUT2D eigenvalue weighted by molar-refractivity contribution is 9.10. The van der Waals surface area contributed by atoms with E-state index in [1.54, 1.807) is 14.0 Å². The van der Waals surface area contributed by atoms with E-state index in [9.17, 15) is 4.79 Å². The maximum absolute atomic E-state index is 11.1. The summed E-state index contributed by atoms with van der Waals surface area (Å²) in [5.74, 6) is 0.668. The fraction of sp³-hybridized carbons (Fsp3) is 0.533. The first-order chi connectivity index (χ1) is 9.52. The molecule has 0 aromatic heterocycles. The van der Waals surface area contributed by atoms with Gasteiger partial charge in [0, 0.05) is 10.0 Å². The standard InChI is InChI=1S/C15H19BrO4/c1-9(15(17)18)7-11-12(16)5-6-13(19-2)14(11)20-8-10-3-4-10/h5-6,9-10H,3-4,7-8H2,1-2H3,(H,17,18). The van der Waals surface area contributed by atoms with Crippen molar-refractivity contribution in [3.05, 3.63) is 22.2 Å². The van der Waals surface area contributed by atoms with Crippen LogP contribution < -0.4 is 9.47 Å². The zero-order valence-corrected chi connectivity index (χ0v) is 13.3. The van der Waals surface area contributed by atoms with Crippen LogP contribution in [0.25, 0.3) is 0 Å². The molecule has 0 saturated heterocycles. The van der Waals surface area contributed by atoms with Gasteiger partial charge in [0.05, 0.1) is 19.6 Å². The summed E-state index contributed by atoms with van der Waals surface area (Å²) < 4.78 is 12.1. The lowest BCUT2D eigenvalue weighted by Crippen LogP contribution is -2.14. The van der Waals surface area contributed by atoms with Crippen molar-refractivity contribution in [2.45, 2.75) is 26.2 Å². The third-order valence-corrected chi connectivity index (χ3v) is 4.22. The fourth-order valence-corrected chi connectivity index (χ4v) is 2.44. The predicted molar refractivity (Wildman–Crippen MR) is 79.4 cm³/mol. The fourth-order valence-electron chi connectivity index (χ4n) is 1.97. The highest BCUT2D eigenvalue weighted by Gasteiger charge is 2.25. The molecule has 1 aromatic rings. The number of halogens is 1. The third-order valence-electron chi connectivity index (χ3n) is 3.48. The average Bonchev–Trinajstić information content (AvgIpc) is 3.23. The number of carboxylic acids is 1. The molecule has 1 atom stereocenters. The van der Waals surface area contributed by atoms with E-state index in [0.29, 0.717) is 30.4 Å². The number of aliphatic carboxylic acids is 1. The van der Waals surface area contributed by atoms with E-state index in [-0.39, 0.29) is 0 Å². The molecule has 0 radical (unpaired) electrons. The Balaban J connectivity index is 2.26. The van der Waals surface area contributed by atoms with E-state index < -0.39 is 11.9 Å². The van der Waals surface area contributed by atoms with Crippen molar-refractivity contribution in [1.82, 2.24) is 0 Å². The quantitative estimate of drug-likeness (QED) is 0.823. The molecule has 1 saturated carbocycles. The smallest absolute Gasteiger partial charge is 0.306 e. The zero-order chi connectivity index (χ0) is 14.7. The van der Waals surface area contributed by atoms with E-state index in [2.05, 4.69) is 15.9 Å². The Morgan fingerprint density at radius 2 is 2.20 bits per heavy atom. The van der Waals surface area contributed by atoms with Gasteiger partial charge < -0.3 is 14.6 Å². The second kappa shape index (κ2) is 6.48. The molecule has 0 heterocycles. The number of hydrogen-bond acceptors (Lipinski definition) is 3. The van der Waals surface area contributed by atoms with Crippen molar-refractivity contribution in [2.75, 3.05) is 13.7 Å². The second-order valence-corrected chi connectivity index (χ2v) is 6.11. The minimum atomic E-state index is -0.812. The van der Waals surface area contributed by atoms with E-state index in [1.165, 1.54) is 12.8 Å². The number of benzene rings is 1. The van der Waals surface area contributed by atoms with Gasteiger partial charge in [-0.2, -0.15) is 0 Å². The molecule has 0 spiro atoms. The van der Waals surface area contributed by atoms with E-state index in [0.717, 1.165) is 10.0 Å². The number of hydrogen-bond donors (Lipinski definition) is 1. The SMILES string of the molecule is COc1ccc(Br)c(CC(C)C(=O)O)c1OCC1CC1. The van der Waals surface area contributed by atoms with Gasteiger partial charge in [-0.3, -0.25) is 4.79 Å². The summed E-state index contributed by atoms with van der Waals surface area (Å²) in [6.45, 7) is 2.36. The summed E-state index contributed by atoms with van der Waals surface area (Å²) in [5.41, 5.74) is 0.861. The van der Waals surface area contributed by atoms with E-state index in [1.807, 2.05) is 12.1 Å². The number of methoxy groups -OCH3 is 1. The largest absolute Gasteiger partial charge is 0.493 e. The van der Waals surface area contributed by atoms with Crippen LogP contribution in [-0.2, 0) is 11.2 Å².